The molecule has 0 radical (unpaired) electrons. The van der Waals surface area contributed by atoms with Crippen LogP contribution < -0.4 is 0 Å². The topological polar surface area (TPSA) is 41.9 Å². The first-order valence-corrected chi connectivity index (χ1v) is 12.1. The SMILES string of the molecule is CC(C)C(=O)N1CC2(C1)OCc1cc(C3=NSC(C)(c4cc(Cl)c(F)c(Cl)c4)C3)ccc12. The third-order valence-corrected chi connectivity index (χ3v) is 8.23. The molecule has 4 nitrogen and oxygen atoms in total. The fourth-order valence-corrected chi connectivity index (χ4v) is 6.09. The Morgan fingerprint density at radius 2 is 1.91 bits per heavy atom. The van der Waals surface area contributed by atoms with Crippen LogP contribution in [0.25, 0.3) is 0 Å². The Bertz CT molecular complexity index is 1140. The molecule has 3 aliphatic heterocycles. The summed E-state index contributed by atoms with van der Waals surface area (Å²) in [7, 11) is 0. The van der Waals surface area contributed by atoms with Crippen LogP contribution >= 0.6 is 35.1 Å². The molecule has 0 saturated carbocycles. The van der Waals surface area contributed by atoms with Crippen LogP contribution in [0.4, 0.5) is 4.39 Å². The molecule has 3 heterocycles. The van der Waals surface area contributed by atoms with Gasteiger partial charge in [0, 0.05) is 12.3 Å². The second-order valence-electron chi connectivity index (χ2n) is 9.29. The van der Waals surface area contributed by atoms with Gasteiger partial charge in [0.2, 0.25) is 5.91 Å². The molecule has 1 amide bonds. The normalized spacial score (nSPS) is 23.5. The van der Waals surface area contributed by atoms with Crippen LogP contribution in [-0.2, 0) is 26.5 Å². The van der Waals surface area contributed by atoms with Gasteiger partial charge in [-0.15, -0.1) is 0 Å². The van der Waals surface area contributed by atoms with Crippen LogP contribution in [0, 0.1) is 11.7 Å². The van der Waals surface area contributed by atoms with Gasteiger partial charge in [0.25, 0.3) is 0 Å². The number of halogens is 3. The number of hydrogen-bond acceptors (Lipinski definition) is 4. The zero-order chi connectivity index (χ0) is 22.8. The van der Waals surface area contributed by atoms with Crippen LogP contribution in [-0.4, -0.2) is 29.6 Å². The minimum atomic E-state index is -0.595. The minimum Gasteiger partial charge on any atom is -0.362 e. The number of fused-ring (bicyclic) bond motifs is 2. The van der Waals surface area contributed by atoms with Gasteiger partial charge in [-0.05, 0) is 59.3 Å². The van der Waals surface area contributed by atoms with Crippen molar-refractivity contribution in [3.05, 3.63) is 68.4 Å². The van der Waals surface area contributed by atoms with Gasteiger partial charge in [-0.3, -0.25) is 4.79 Å². The van der Waals surface area contributed by atoms with E-state index < -0.39 is 5.82 Å². The van der Waals surface area contributed by atoms with Crippen molar-refractivity contribution in [2.75, 3.05) is 13.1 Å². The molecule has 0 aromatic heterocycles. The smallest absolute Gasteiger partial charge is 0.225 e. The monoisotopic (exact) mass is 492 g/mol. The second-order valence-corrected chi connectivity index (χ2v) is 11.4. The van der Waals surface area contributed by atoms with E-state index in [2.05, 4.69) is 25.1 Å². The number of carbonyl (C=O) groups is 1. The van der Waals surface area contributed by atoms with Crippen molar-refractivity contribution in [1.82, 2.24) is 4.90 Å². The maximum atomic E-state index is 13.9. The number of carbonyl (C=O) groups excluding carboxylic acids is 1. The maximum absolute atomic E-state index is 13.9. The maximum Gasteiger partial charge on any atom is 0.225 e. The Morgan fingerprint density at radius 1 is 1.22 bits per heavy atom. The lowest BCUT2D eigenvalue weighted by Crippen LogP contribution is -2.61. The number of likely N-dealkylation sites (tertiary alicyclic amines) is 1. The highest BCUT2D eigenvalue weighted by molar-refractivity contribution is 7.99. The zero-order valence-electron chi connectivity index (χ0n) is 18.0. The molecule has 1 unspecified atom stereocenters. The molecule has 1 saturated heterocycles. The fourth-order valence-electron chi connectivity index (χ4n) is 4.69. The predicted octanol–water partition coefficient (Wildman–Crippen LogP) is 6.11. The van der Waals surface area contributed by atoms with E-state index >= 15 is 0 Å². The van der Waals surface area contributed by atoms with Crippen molar-refractivity contribution in [3.8, 4) is 0 Å². The molecule has 3 aliphatic rings. The van der Waals surface area contributed by atoms with Gasteiger partial charge in [0.05, 0.1) is 40.2 Å². The molecule has 2 aromatic carbocycles. The number of ether oxygens (including phenoxy) is 1. The summed E-state index contributed by atoms with van der Waals surface area (Å²) < 4.78 is 24.4. The lowest BCUT2D eigenvalue weighted by Gasteiger charge is -2.48. The summed E-state index contributed by atoms with van der Waals surface area (Å²) in [4.78, 5) is 14.1. The summed E-state index contributed by atoms with van der Waals surface area (Å²) in [6.07, 6.45) is 0.678. The van der Waals surface area contributed by atoms with Gasteiger partial charge in [-0.1, -0.05) is 49.2 Å². The number of hydrogen-bond donors (Lipinski definition) is 0. The molecule has 1 spiro atoms. The lowest BCUT2D eigenvalue weighted by molar-refractivity contribution is -0.171. The number of amides is 1. The summed E-state index contributed by atoms with van der Waals surface area (Å²) in [5, 5.41) is 0.0430. The molecule has 0 bridgehead atoms. The van der Waals surface area contributed by atoms with E-state index in [4.69, 9.17) is 32.3 Å². The third kappa shape index (κ3) is 3.47. The predicted molar refractivity (Wildman–Crippen MR) is 127 cm³/mol. The van der Waals surface area contributed by atoms with Crippen molar-refractivity contribution >= 4 is 46.8 Å². The van der Waals surface area contributed by atoms with Crippen molar-refractivity contribution < 1.29 is 13.9 Å². The molecule has 2 aromatic rings. The summed E-state index contributed by atoms with van der Waals surface area (Å²) in [6, 6.07) is 9.61. The molecular formula is C24H23Cl2FN2O2S. The molecule has 0 N–H and O–H groups in total. The Kier molecular flexibility index (Phi) is 5.36. The molecule has 8 heteroatoms. The van der Waals surface area contributed by atoms with Crippen molar-refractivity contribution in [2.45, 2.75) is 44.1 Å². The Morgan fingerprint density at radius 3 is 2.56 bits per heavy atom. The molecule has 5 rings (SSSR count). The van der Waals surface area contributed by atoms with E-state index in [9.17, 15) is 9.18 Å². The highest BCUT2D eigenvalue weighted by Gasteiger charge is 2.52. The van der Waals surface area contributed by atoms with E-state index in [1.54, 1.807) is 12.1 Å². The third-order valence-electron chi connectivity index (χ3n) is 6.59. The van der Waals surface area contributed by atoms with Crippen LogP contribution in [0.15, 0.2) is 34.7 Å². The Hall–Kier alpha value is -1.60. The summed E-state index contributed by atoms with van der Waals surface area (Å²) in [6.45, 7) is 7.66. The largest absolute Gasteiger partial charge is 0.362 e. The van der Waals surface area contributed by atoms with Crippen LogP contribution in [0.3, 0.4) is 0 Å². The molecule has 1 fully saturated rings. The summed E-state index contributed by atoms with van der Waals surface area (Å²) >= 11 is 13.5. The number of benzene rings is 2. The second kappa shape index (κ2) is 7.73. The van der Waals surface area contributed by atoms with E-state index in [1.807, 2.05) is 18.7 Å². The lowest BCUT2D eigenvalue weighted by atomic mass is 9.83. The first-order chi connectivity index (χ1) is 15.1. The Balaban J connectivity index is 1.35. The summed E-state index contributed by atoms with van der Waals surface area (Å²) in [5.74, 6) is -0.433. The highest BCUT2D eigenvalue weighted by Crippen LogP contribution is 2.49. The fraction of sp³-hybridized carbons (Fsp3) is 0.417. The average Bonchev–Trinajstić information content (AvgIpc) is 3.31. The molecule has 168 valence electrons. The zero-order valence-corrected chi connectivity index (χ0v) is 20.4. The highest BCUT2D eigenvalue weighted by atomic mass is 35.5. The van der Waals surface area contributed by atoms with Gasteiger partial charge in [-0.2, -0.15) is 0 Å². The molecule has 1 atom stereocenters. The average molecular weight is 493 g/mol. The van der Waals surface area contributed by atoms with Gasteiger partial charge in [0.1, 0.15) is 5.60 Å². The van der Waals surface area contributed by atoms with Gasteiger partial charge in [0.15, 0.2) is 5.82 Å². The quantitative estimate of drug-likeness (QED) is 0.383. The van der Waals surface area contributed by atoms with Gasteiger partial charge >= 0.3 is 0 Å². The standard InChI is InChI=1S/C24H23Cl2FN2O2S/c1-13(2)22(30)29-11-24(12-29)17-5-4-14(6-15(17)10-31-24)20-9-23(3,32-28-20)16-7-18(25)21(27)19(26)8-16/h4-8,13H,9-12H2,1-3H3. The van der Waals surface area contributed by atoms with E-state index in [0.29, 0.717) is 26.1 Å². The van der Waals surface area contributed by atoms with Gasteiger partial charge in [-0.25, -0.2) is 8.79 Å². The Labute approximate surface area is 201 Å². The van der Waals surface area contributed by atoms with Crippen LogP contribution in [0.5, 0.6) is 0 Å². The minimum absolute atomic E-state index is 0.00587. The first kappa shape index (κ1) is 22.2. The molecule has 32 heavy (non-hydrogen) atoms. The number of rotatable bonds is 3. The molecule has 0 aliphatic carbocycles. The van der Waals surface area contributed by atoms with E-state index in [1.165, 1.54) is 17.5 Å². The van der Waals surface area contributed by atoms with E-state index in [-0.39, 0.29) is 32.2 Å². The van der Waals surface area contributed by atoms with Crippen LogP contribution in [0.2, 0.25) is 10.0 Å². The van der Waals surface area contributed by atoms with Crippen molar-refractivity contribution in [2.24, 2.45) is 10.3 Å². The van der Waals surface area contributed by atoms with Gasteiger partial charge < -0.3 is 9.64 Å². The first-order valence-electron chi connectivity index (χ1n) is 10.6. The summed E-state index contributed by atoms with van der Waals surface area (Å²) in [5.41, 5.74) is 4.82. The van der Waals surface area contributed by atoms with Crippen LogP contribution in [0.1, 0.15) is 49.4 Å². The number of nitrogens with zero attached hydrogens (tertiary/aromatic N) is 2. The van der Waals surface area contributed by atoms with Crippen molar-refractivity contribution in [1.29, 1.82) is 0 Å². The molecular weight excluding hydrogens is 470 g/mol. The van der Waals surface area contributed by atoms with Crippen molar-refractivity contribution in [3.63, 3.8) is 0 Å². The van der Waals surface area contributed by atoms with E-state index in [0.717, 1.165) is 22.4 Å².